The summed E-state index contributed by atoms with van der Waals surface area (Å²) < 4.78 is 10.1. The number of pyridine rings is 1. The van der Waals surface area contributed by atoms with Gasteiger partial charge in [0.15, 0.2) is 6.61 Å². The third-order valence-corrected chi connectivity index (χ3v) is 3.19. The summed E-state index contributed by atoms with van der Waals surface area (Å²) >= 11 is 0. The van der Waals surface area contributed by atoms with Crippen LogP contribution in [0, 0.1) is 17.0 Å². The molecule has 9 heteroatoms. The molecule has 0 saturated carbocycles. The highest BCUT2D eigenvalue weighted by Gasteiger charge is 2.18. The molecule has 26 heavy (non-hydrogen) atoms. The van der Waals surface area contributed by atoms with Crippen molar-refractivity contribution in [2.24, 2.45) is 0 Å². The highest BCUT2D eigenvalue weighted by atomic mass is 16.6. The molecule has 2 aromatic rings. The van der Waals surface area contributed by atoms with E-state index in [1.165, 1.54) is 18.2 Å². The van der Waals surface area contributed by atoms with Crippen LogP contribution in [0.4, 0.5) is 11.5 Å². The van der Waals surface area contributed by atoms with Gasteiger partial charge in [-0.25, -0.2) is 4.79 Å². The smallest absolute Gasteiger partial charge is 0.406 e. The molecule has 0 unspecified atom stereocenters. The fourth-order valence-corrected chi connectivity index (χ4v) is 2.02. The van der Waals surface area contributed by atoms with Crippen LogP contribution in [0.25, 0.3) is 0 Å². The zero-order valence-corrected chi connectivity index (χ0v) is 14.2. The van der Waals surface area contributed by atoms with Crippen LogP contribution in [0.1, 0.15) is 23.0 Å². The standard InChI is InChI=1S/C17H17N3O6/c1-3-25-17(22)12-5-7-13(8-6-12)19-15(21)10-26-14-9-4-11(2)18-16(14)20(23)24/h4-9H,3,10H2,1-2H3,(H,19,21). The first-order valence-corrected chi connectivity index (χ1v) is 7.72. The van der Waals surface area contributed by atoms with Gasteiger partial charge in [0, 0.05) is 12.6 Å². The van der Waals surface area contributed by atoms with E-state index >= 15 is 0 Å². The molecule has 0 radical (unpaired) electrons. The monoisotopic (exact) mass is 359 g/mol. The molecule has 1 aromatic carbocycles. The van der Waals surface area contributed by atoms with Crippen molar-refractivity contribution in [3.8, 4) is 5.75 Å². The SMILES string of the molecule is CCOC(=O)c1ccc(NC(=O)COc2ccc(C)nc2[N+](=O)[O-])cc1. The van der Waals surface area contributed by atoms with E-state index in [1.807, 2.05) is 0 Å². The molecule has 0 aliphatic carbocycles. The van der Waals surface area contributed by atoms with Gasteiger partial charge in [0.1, 0.15) is 5.69 Å². The number of aromatic nitrogens is 1. The third kappa shape index (κ3) is 5.00. The van der Waals surface area contributed by atoms with Gasteiger partial charge in [0.2, 0.25) is 5.75 Å². The number of amides is 1. The molecule has 0 saturated heterocycles. The highest BCUT2D eigenvalue weighted by Crippen LogP contribution is 2.24. The molecule has 1 amide bonds. The van der Waals surface area contributed by atoms with Gasteiger partial charge in [-0.1, -0.05) is 0 Å². The lowest BCUT2D eigenvalue weighted by Crippen LogP contribution is -2.20. The molecule has 0 aliphatic heterocycles. The second-order valence-corrected chi connectivity index (χ2v) is 5.17. The van der Waals surface area contributed by atoms with Gasteiger partial charge in [-0.05, 0) is 53.2 Å². The number of nitrogens with zero attached hydrogens (tertiary/aromatic N) is 2. The molecule has 1 N–H and O–H groups in total. The van der Waals surface area contributed by atoms with Crippen molar-refractivity contribution >= 4 is 23.4 Å². The molecular formula is C17H17N3O6. The van der Waals surface area contributed by atoms with Crippen molar-refractivity contribution in [1.82, 2.24) is 4.98 Å². The molecule has 0 spiro atoms. The maximum atomic E-state index is 11.9. The van der Waals surface area contributed by atoms with E-state index in [4.69, 9.17) is 9.47 Å². The Morgan fingerprint density at radius 1 is 1.19 bits per heavy atom. The minimum absolute atomic E-state index is 0.0894. The molecule has 1 heterocycles. The van der Waals surface area contributed by atoms with Crippen molar-refractivity contribution < 1.29 is 24.0 Å². The molecule has 0 bridgehead atoms. The summed E-state index contributed by atoms with van der Waals surface area (Å²) in [5.74, 6) is -1.50. The van der Waals surface area contributed by atoms with Gasteiger partial charge in [0.05, 0.1) is 12.2 Å². The van der Waals surface area contributed by atoms with E-state index in [1.54, 1.807) is 32.0 Å². The van der Waals surface area contributed by atoms with E-state index in [2.05, 4.69) is 10.3 Å². The first-order valence-electron chi connectivity index (χ1n) is 7.72. The number of ether oxygens (including phenoxy) is 2. The second-order valence-electron chi connectivity index (χ2n) is 5.17. The van der Waals surface area contributed by atoms with Crippen LogP contribution < -0.4 is 10.1 Å². The molecule has 0 atom stereocenters. The van der Waals surface area contributed by atoms with Crippen molar-refractivity contribution in [1.29, 1.82) is 0 Å². The Morgan fingerprint density at radius 2 is 1.88 bits per heavy atom. The molecule has 0 fully saturated rings. The Morgan fingerprint density at radius 3 is 2.50 bits per heavy atom. The highest BCUT2D eigenvalue weighted by molar-refractivity contribution is 5.93. The van der Waals surface area contributed by atoms with Gasteiger partial charge >= 0.3 is 11.8 Å². The van der Waals surface area contributed by atoms with Crippen LogP contribution >= 0.6 is 0 Å². The summed E-state index contributed by atoms with van der Waals surface area (Å²) in [6, 6.07) is 9.06. The maximum Gasteiger partial charge on any atom is 0.406 e. The Labute approximate surface area is 149 Å². The number of benzene rings is 1. The van der Waals surface area contributed by atoms with E-state index in [9.17, 15) is 19.7 Å². The first-order chi connectivity index (χ1) is 12.4. The quantitative estimate of drug-likeness (QED) is 0.458. The third-order valence-electron chi connectivity index (χ3n) is 3.19. The minimum atomic E-state index is -0.672. The Balaban J connectivity index is 1.95. The van der Waals surface area contributed by atoms with Crippen molar-refractivity contribution in [3.63, 3.8) is 0 Å². The van der Waals surface area contributed by atoms with Crippen LogP contribution in [0.3, 0.4) is 0 Å². The lowest BCUT2D eigenvalue weighted by Gasteiger charge is -2.08. The topological polar surface area (TPSA) is 121 Å². The number of carbonyl (C=O) groups excluding carboxylic acids is 2. The largest absolute Gasteiger partial charge is 0.476 e. The van der Waals surface area contributed by atoms with Crippen LogP contribution in [-0.2, 0) is 9.53 Å². The average Bonchev–Trinajstić information content (AvgIpc) is 2.61. The normalized spacial score (nSPS) is 10.1. The molecular weight excluding hydrogens is 342 g/mol. The second kappa shape index (κ2) is 8.56. The summed E-state index contributed by atoms with van der Waals surface area (Å²) in [4.78, 5) is 37.6. The summed E-state index contributed by atoms with van der Waals surface area (Å²) in [7, 11) is 0. The zero-order valence-electron chi connectivity index (χ0n) is 14.2. The summed E-state index contributed by atoms with van der Waals surface area (Å²) in [6.07, 6.45) is 0. The molecule has 1 aromatic heterocycles. The fourth-order valence-electron chi connectivity index (χ4n) is 2.02. The van der Waals surface area contributed by atoms with Crippen LogP contribution in [-0.4, -0.2) is 35.0 Å². The number of nitro groups is 1. The van der Waals surface area contributed by atoms with Gasteiger partial charge in [0.25, 0.3) is 5.91 Å². The number of aryl methyl sites for hydroxylation is 1. The van der Waals surface area contributed by atoms with Crippen LogP contribution in [0.2, 0.25) is 0 Å². The lowest BCUT2D eigenvalue weighted by atomic mass is 10.2. The number of nitrogens with one attached hydrogen (secondary N) is 1. The zero-order chi connectivity index (χ0) is 19.1. The van der Waals surface area contributed by atoms with Crippen LogP contribution in [0.5, 0.6) is 5.75 Å². The summed E-state index contributed by atoms with van der Waals surface area (Å²) in [6.45, 7) is 3.17. The predicted molar refractivity (Wildman–Crippen MR) is 92.2 cm³/mol. The van der Waals surface area contributed by atoms with E-state index in [0.29, 0.717) is 16.9 Å². The number of rotatable bonds is 7. The number of hydrogen-bond acceptors (Lipinski definition) is 7. The van der Waals surface area contributed by atoms with Gasteiger partial charge in [-0.3, -0.25) is 4.79 Å². The van der Waals surface area contributed by atoms with Crippen molar-refractivity contribution in [2.45, 2.75) is 13.8 Å². The summed E-state index contributed by atoms with van der Waals surface area (Å²) in [5, 5.41) is 13.5. The van der Waals surface area contributed by atoms with Gasteiger partial charge in [-0.15, -0.1) is 0 Å². The average molecular weight is 359 g/mol. The number of carbonyl (C=O) groups is 2. The number of esters is 1. The molecule has 9 nitrogen and oxygen atoms in total. The van der Waals surface area contributed by atoms with Crippen molar-refractivity contribution in [2.75, 3.05) is 18.5 Å². The number of hydrogen-bond donors (Lipinski definition) is 1. The summed E-state index contributed by atoms with van der Waals surface area (Å²) in [5.41, 5.74) is 1.28. The predicted octanol–water partition coefficient (Wildman–Crippen LogP) is 2.49. The Hall–Kier alpha value is -3.49. The molecule has 0 aliphatic rings. The maximum absolute atomic E-state index is 11.9. The minimum Gasteiger partial charge on any atom is -0.476 e. The van der Waals surface area contributed by atoms with E-state index in [0.717, 1.165) is 0 Å². The van der Waals surface area contributed by atoms with E-state index < -0.39 is 29.2 Å². The molecule has 136 valence electrons. The van der Waals surface area contributed by atoms with Crippen molar-refractivity contribution in [3.05, 3.63) is 57.8 Å². The first kappa shape index (κ1) is 18.8. The van der Waals surface area contributed by atoms with Crippen LogP contribution in [0.15, 0.2) is 36.4 Å². The van der Waals surface area contributed by atoms with E-state index in [-0.39, 0.29) is 12.4 Å². The number of anilines is 1. The Bertz CT molecular complexity index is 820. The van der Waals surface area contributed by atoms with Gasteiger partial charge in [-0.2, -0.15) is 0 Å². The fraction of sp³-hybridized carbons (Fsp3) is 0.235. The lowest BCUT2D eigenvalue weighted by molar-refractivity contribution is -0.390. The van der Waals surface area contributed by atoms with Gasteiger partial charge < -0.3 is 24.9 Å². The Kier molecular flexibility index (Phi) is 6.20. The molecule has 2 rings (SSSR count).